The summed E-state index contributed by atoms with van der Waals surface area (Å²) >= 11 is 0. The third-order valence-corrected chi connectivity index (χ3v) is 4.22. The van der Waals surface area contributed by atoms with Gasteiger partial charge in [-0.25, -0.2) is 0 Å². The summed E-state index contributed by atoms with van der Waals surface area (Å²) in [6, 6.07) is 2.75. The van der Waals surface area contributed by atoms with E-state index in [1.165, 1.54) is 4.57 Å². The highest BCUT2D eigenvalue weighted by Gasteiger charge is 2.29. The molecule has 0 radical (unpaired) electrons. The third kappa shape index (κ3) is 3.79. The summed E-state index contributed by atoms with van der Waals surface area (Å²) in [5, 5.41) is 6.72. The maximum Gasteiger partial charge on any atom is 0.264 e. The second-order valence-corrected chi connectivity index (χ2v) is 6.07. The summed E-state index contributed by atoms with van der Waals surface area (Å²) in [6.45, 7) is 2.68. The SMILES string of the molecule is CCC(C(=O)NCCOC)n1cccc(-c2nc(C3CC3)no2)c1=O. The molecule has 134 valence electrons. The van der Waals surface area contributed by atoms with E-state index in [0.717, 1.165) is 12.8 Å². The third-order valence-electron chi connectivity index (χ3n) is 4.22. The van der Waals surface area contributed by atoms with E-state index in [4.69, 9.17) is 9.26 Å². The van der Waals surface area contributed by atoms with E-state index in [-0.39, 0.29) is 17.4 Å². The summed E-state index contributed by atoms with van der Waals surface area (Å²) in [6.07, 6.45) is 4.20. The lowest BCUT2D eigenvalue weighted by Gasteiger charge is -2.18. The smallest absolute Gasteiger partial charge is 0.264 e. The number of amides is 1. The number of hydrogen-bond donors (Lipinski definition) is 1. The van der Waals surface area contributed by atoms with Crippen molar-refractivity contribution in [2.24, 2.45) is 0 Å². The van der Waals surface area contributed by atoms with Crippen LogP contribution in [0.5, 0.6) is 0 Å². The molecule has 1 N–H and O–H groups in total. The van der Waals surface area contributed by atoms with Crippen LogP contribution in [-0.4, -0.2) is 40.9 Å². The van der Waals surface area contributed by atoms with Crippen LogP contribution >= 0.6 is 0 Å². The Morgan fingerprint density at radius 3 is 3.00 bits per heavy atom. The topological polar surface area (TPSA) is 99.2 Å². The fourth-order valence-electron chi connectivity index (χ4n) is 2.67. The molecular formula is C17H22N4O4. The zero-order chi connectivity index (χ0) is 17.8. The van der Waals surface area contributed by atoms with Crippen molar-refractivity contribution in [3.63, 3.8) is 0 Å². The molecule has 0 saturated heterocycles. The van der Waals surface area contributed by atoms with Crippen LogP contribution < -0.4 is 10.9 Å². The van der Waals surface area contributed by atoms with Gasteiger partial charge in [0.1, 0.15) is 11.6 Å². The fourth-order valence-corrected chi connectivity index (χ4v) is 2.67. The average molecular weight is 346 g/mol. The second kappa shape index (κ2) is 7.60. The van der Waals surface area contributed by atoms with Gasteiger partial charge in [-0.3, -0.25) is 9.59 Å². The van der Waals surface area contributed by atoms with Gasteiger partial charge in [-0.2, -0.15) is 4.98 Å². The van der Waals surface area contributed by atoms with Crippen LogP contribution in [0.25, 0.3) is 11.5 Å². The van der Waals surface area contributed by atoms with Gasteiger partial charge in [0, 0.05) is 25.8 Å². The minimum Gasteiger partial charge on any atom is -0.383 e. The number of methoxy groups -OCH3 is 1. The van der Waals surface area contributed by atoms with Crippen molar-refractivity contribution in [1.82, 2.24) is 20.0 Å². The van der Waals surface area contributed by atoms with Crippen LogP contribution in [0, 0.1) is 0 Å². The quantitative estimate of drug-likeness (QED) is 0.727. The van der Waals surface area contributed by atoms with E-state index in [0.29, 0.717) is 36.9 Å². The molecule has 8 nitrogen and oxygen atoms in total. The second-order valence-electron chi connectivity index (χ2n) is 6.07. The van der Waals surface area contributed by atoms with E-state index >= 15 is 0 Å². The number of carbonyl (C=O) groups is 1. The molecule has 0 spiro atoms. The Bertz CT molecular complexity index is 794. The molecule has 1 unspecified atom stereocenters. The molecule has 25 heavy (non-hydrogen) atoms. The van der Waals surface area contributed by atoms with Crippen LogP contribution in [-0.2, 0) is 9.53 Å². The van der Waals surface area contributed by atoms with Crippen LogP contribution in [0.4, 0.5) is 0 Å². The number of pyridine rings is 1. The van der Waals surface area contributed by atoms with Crippen molar-refractivity contribution >= 4 is 5.91 Å². The van der Waals surface area contributed by atoms with Gasteiger partial charge >= 0.3 is 0 Å². The van der Waals surface area contributed by atoms with E-state index in [9.17, 15) is 9.59 Å². The number of nitrogens with zero attached hydrogens (tertiary/aromatic N) is 3. The number of nitrogens with one attached hydrogen (secondary N) is 1. The molecular weight excluding hydrogens is 324 g/mol. The number of rotatable bonds is 8. The molecule has 2 heterocycles. The fraction of sp³-hybridized carbons (Fsp3) is 0.529. The zero-order valence-corrected chi connectivity index (χ0v) is 14.4. The summed E-state index contributed by atoms with van der Waals surface area (Å²) in [7, 11) is 1.57. The normalized spacial score (nSPS) is 15.1. The first-order valence-corrected chi connectivity index (χ1v) is 8.47. The monoisotopic (exact) mass is 346 g/mol. The standard InChI is InChI=1S/C17H22N4O4/c1-3-13(15(22)18-8-10-24-2)21-9-4-5-12(17(21)23)16-19-14(20-25-16)11-6-7-11/h4-5,9,11,13H,3,6-8,10H2,1-2H3,(H,18,22). The van der Waals surface area contributed by atoms with E-state index in [1.54, 1.807) is 25.4 Å². The van der Waals surface area contributed by atoms with Gasteiger partial charge in [-0.15, -0.1) is 0 Å². The molecule has 1 aliphatic carbocycles. The van der Waals surface area contributed by atoms with Crippen molar-refractivity contribution in [2.75, 3.05) is 20.3 Å². The van der Waals surface area contributed by atoms with Crippen molar-refractivity contribution in [1.29, 1.82) is 0 Å². The molecule has 0 bridgehead atoms. The van der Waals surface area contributed by atoms with Crippen molar-refractivity contribution in [3.05, 3.63) is 34.5 Å². The Morgan fingerprint density at radius 2 is 2.32 bits per heavy atom. The van der Waals surface area contributed by atoms with Gasteiger partial charge in [0.25, 0.3) is 11.4 Å². The predicted octanol–water partition coefficient (Wildman–Crippen LogP) is 1.49. The van der Waals surface area contributed by atoms with Gasteiger partial charge in [-0.05, 0) is 31.4 Å². The number of hydrogen-bond acceptors (Lipinski definition) is 6. The van der Waals surface area contributed by atoms with Gasteiger partial charge < -0.3 is 19.1 Å². The summed E-state index contributed by atoms with van der Waals surface area (Å²) < 4.78 is 11.6. The Hall–Kier alpha value is -2.48. The van der Waals surface area contributed by atoms with Crippen LogP contribution in [0.3, 0.4) is 0 Å². The molecule has 1 amide bonds. The van der Waals surface area contributed by atoms with Crippen LogP contribution in [0.2, 0.25) is 0 Å². The molecule has 1 saturated carbocycles. The molecule has 1 atom stereocenters. The first-order valence-electron chi connectivity index (χ1n) is 8.47. The van der Waals surface area contributed by atoms with Crippen molar-refractivity contribution < 1.29 is 14.1 Å². The van der Waals surface area contributed by atoms with E-state index in [1.807, 2.05) is 6.92 Å². The minimum atomic E-state index is -0.602. The Balaban J connectivity index is 1.85. The maximum absolute atomic E-state index is 12.8. The lowest BCUT2D eigenvalue weighted by molar-refractivity contribution is -0.124. The summed E-state index contributed by atoms with van der Waals surface area (Å²) in [5.41, 5.74) is -0.00715. The van der Waals surface area contributed by atoms with Gasteiger partial charge in [-0.1, -0.05) is 12.1 Å². The van der Waals surface area contributed by atoms with E-state index in [2.05, 4.69) is 15.5 Å². The van der Waals surface area contributed by atoms with Gasteiger partial charge in [0.15, 0.2) is 5.82 Å². The van der Waals surface area contributed by atoms with Crippen molar-refractivity contribution in [3.8, 4) is 11.5 Å². The average Bonchev–Trinajstić information content (AvgIpc) is 3.35. The Labute approximate surface area is 145 Å². The number of carbonyl (C=O) groups excluding carboxylic acids is 1. The number of ether oxygens (including phenoxy) is 1. The predicted molar refractivity (Wildman–Crippen MR) is 90.2 cm³/mol. The summed E-state index contributed by atoms with van der Waals surface area (Å²) in [4.78, 5) is 29.5. The Kier molecular flexibility index (Phi) is 5.28. The molecule has 3 rings (SSSR count). The molecule has 0 aliphatic heterocycles. The maximum atomic E-state index is 12.8. The first-order chi connectivity index (χ1) is 12.2. The van der Waals surface area contributed by atoms with E-state index < -0.39 is 6.04 Å². The molecule has 0 aromatic carbocycles. The highest BCUT2D eigenvalue weighted by molar-refractivity contribution is 5.80. The number of aromatic nitrogens is 3. The molecule has 2 aromatic rings. The molecule has 1 aliphatic rings. The van der Waals surface area contributed by atoms with Crippen LogP contribution in [0.1, 0.15) is 44.0 Å². The Morgan fingerprint density at radius 1 is 1.52 bits per heavy atom. The largest absolute Gasteiger partial charge is 0.383 e. The first kappa shape index (κ1) is 17.3. The highest BCUT2D eigenvalue weighted by atomic mass is 16.5. The molecule has 1 fully saturated rings. The molecule has 8 heteroatoms. The molecule has 2 aromatic heterocycles. The summed E-state index contributed by atoms with van der Waals surface area (Å²) in [5.74, 6) is 0.978. The minimum absolute atomic E-state index is 0.205. The zero-order valence-electron chi connectivity index (χ0n) is 14.4. The van der Waals surface area contributed by atoms with Gasteiger partial charge in [0.2, 0.25) is 5.91 Å². The lowest BCUT2D eigenvalue weighted by atomic mass is 10.1. The van der Waals surface area contributed by atoms with Crippen LogP contribution in [0.15, 0.2) is 27.6 Å². The van der Waals surface area contributed by atoms with Crippen molar-refractivity contribution in [2.45, 2.75) is 38.1 Å². The highest BCUT2D eigenvalue weighted by Crippen LogP contribution is 2.38. The lowest BCUT2D eigenvalue weighted by Crippen LogP contribution is -2.38. The van der Waals surface area contributed by atoms with Gasteiger partial charge in [0.05, 0.1) is 6.61 Å².